The maximum atomic E-state index is 4.16. The van der Waals surface area contributed by atoms with Crippen LogP contribution in [0.25, 0.3) is 5.52 Å². The molecular formula is C17H23BrN4. The normalized spacial score (nSPS) is 24.2. The lowest BCUT2D eigenvalue weighted by Crippen LogP contribution is -2.49. The van der Waals surface area contributed by atoms with Gasteiger partial charge in [-0.2, -0.15) is 5.10 Å². The smallest absolute Gasteiger partial charge is 0.0701 e. The quantitative estimate of drug-likeness (QED) is 0.777. The number of piperazine rings is 1. The molecule has 0 aromatic carbocycles. The van der Waals surface area contributed by atoms with Gasteiger partial charge in [0.05, 0.1) is 11.7 Å². The number of halogens is 1. The SMILES string of the molecule is C=CN1C2CCC1CN(C)C2.Cc1cnn2ccc(Br)cc12. The van der Waals surface area contributed by atoms with Gasteiger partial charge in [-0.25, -0.2) is 4.52 Å². The van der Waals surface area contributed by atoms with Crippen molar-refractivity contribution >= 4 is 21.4 Å². The predicted octanol–water partition coefficient (Wildman–Crippen LogP) is 3.31. The topological polar surface area (TPSA) is 23.8 Å². The van der Waals surface area contributed by atoms with Gasteiger partial charge in [-0.1, -0.05) is 22.5 Å². The van der Waals surface area contributed by atoms with Crippen molar-refractivity contribution in [1.29, 1.82) is 0 Å². The van der Waals surface area contributed by atoms with E-state index in [0.29, 0.717) is 0 Å². The molecular weight excluding hydrogens is 340 g/mol. The lowest BCUT2D eigenvalue weighted by atomic mass is 10.2. The number of fused-ring (bicyclic) bond motifs is 3. The number of rotatable bonds is 1. The van der Waals surface area contributed by atoms with E-state index in [9.17, 15) is 0 Å². The molecule has 4 heterocycles. The first-order valence-electron chi connectivity index (χ1n) is 7.76. The van der Waals surface area contributed by atoms with Gasteiger partial charge in [0.25, 0.3) is 0 Å². The molecule has 0 saturated carbocycles. The van der Waals surface area contributed by atoms with Gasteiger partial charge in [0.1, 0.15) is 0 Å². The van der Waals surface area contributed by atoms with Gasteiger partial charge in [0, 0.05) is 35.8 Å². The van der Waals surface area contributed by atoms with Gasteiger partial charge in [-0.3, -0.25) is 0 Å². The first-order valence-corrected chi connectivity index (χ1v) is 8.56. The van der Waals surface area contributed by atoms with E-state index in [1.54, 1.807) is 0 Å². The number of aromatic nitrogens is 2. The average Bonchev–Trinajstić information content (AvgIpc) is 2.98. The largest absolute Gasteiger partial charge is 0.370 e. The molecule has 4 rings (SSSR count). The maximum absolute atomic E-state index is 4.16. The van der Waals surface area contributed by atoms with Crippen molar-refractivity contribution < 1.29 is 0 Å². The molecule has 2 aliphatic heterocycles. The molecule has 0 amide bonds. The van der Waals surface area contributed by atoms with Gasteiger partial charge in [-0.05, 0) is 50.7 Å². The van der Waals surface area contributed by atoms with Crippen LogP contribution >= 0.6 is 15.9 Å². The third-order valence-electron chi connectivity index (χ3n) is 4.61. The van der Waals surface area contributed by atoms with Crippen LogP contribution < -0.4 is 0 Å². The second-order valence-electron chi connectivity index (χ2n) is 6.24. The van der Waals surface area contributed by atoms with Crippen LogP contribution in [0.2, 0.25) is 0 Å². The van der Waals surface area contributed by atoms with Crippen molar-refractivity contribution in [3.8, 4) is 0 Å². The molecule has 0 N–H and O–H groups in total. The number of hydrogen-bond donors (Lipinski definition) is 0. The summed E-state index contributed by atoms with van der Waals surface area (Å²) in [6, 6.07) is 5.55. The van der Waals surface area contributed by atoms with Crippen LogP contribution in [0.15, 0.2) is 41.8 Å². The highest BCUT2D eigenvalue weighted by molar-refractivity contribution is 9.10. The Bertz CT molecular complexity index is 652. The van der Waals surface area contributed by atoms with E-state index in [1.807, 2.05) is 29.2 Å². The second-order valence-corrected chi connectivity index (χ2v) is 7.15. The van der Waals surface area contributed by atoms with E-state index in [0.717, 1.165) is 22.1 Å². The summed E-state index contributed by atoms with van der Waals surface area (Å²) in [6.07, 6.45) is 8.55. The number of likely N-dealkylation sites (tertiary alicyclic amines) is 1. The molecule has 118 valence electrons. The Morgan fingerprint density at radius 2 is 2.00 bits per heavy atom. The van der Waals surface area contributed by atoms with Crippen LogP contribution in [0.4, 0.5) is 0 Å². The molecule has 0 aliphatic carbocycles. The van der Waals surface area contributed by atoms with Crippen molar-refractivity contribution in [2.24, 2.45) is 0 Å². The van der Waals surface area contributed by atoms with Gasteiger partial charge in [0.15, 0.2) is 0 Å². The summed E-state index contributed by atoms with van der Waals surface area (Å²) in [7, 11) is 2.21. The Hall–Kier alpha value is -1.33. The molecule has 22 heavy (non-hydrogen) atoms. The molecule has 2 fully saturated rings. The fourth-order valence-corrected chi connectivity index (χ4v) is 3.86. The zero-order chi connectivity index (χ0) is 15.7. The third-order valence-corrected chi connectivity index (χ3v) is 5.10. The van der Waals surface area contributed by atoms with Gasteiger partial charge in [0.2, 0.25) is 0 Å². The minimum Gasteiger partial charge on any atom is -0.370 e. The minimum atomic E-state index is 0.760. The lowest BCUT2D eigenvalue weighted by molar-refractivity contribution is 0.126. The molecule has 0 spiro atoms. The molecule has 2 aromatic heterocycles. The highest BCUT2D eigenvalue weighted by Crippen LogP contribution is 2.29. The highest BCUT2D eigenvalue weighted by Gasteiger charge is 2.36. The number of likely N-dealkylation sites (N-methyl/N-ethyl adjacent to an activating group) is 1. The number of aryl methyl sites for hydroxylation is 1. The Kier molecular flexibility index (Phi) is 4.54. The summed E-state index contributed by atoms with van der Waals surface area (Å²) in [4.78, 5) is 4.88. The van der Waals surface area contributed by atoms with Crippen LogP contribution in [0, 0.1) is 6.92 Å². The molecule has 2 saturated heterocycles. The Morgan fingerprint density at radius 3 is 2.64 bits per heavy atom. The van der Waals surface area contributed by atoms with Crippen LogP contribution in [0.3, 0.4) is 0 Å². The monoisotopic (exact) mass is 362 g/mol. The number of nitrogens with zero attached hydrogens (tertiary/aromatic N) is 4. The number of pyridine rings is 1. The summed E-state index contributed by atoms with van der Waals surface area (Å²) < 4.78 is 2.95. The Balaban J connectivity index is 0.000000131. The summed E-state index contributed by atoms with van der Waals surface area (Å²) in [6.45, 7) is 8.36. The molecule has 5 heteroatoms. The molecule has 0 radical (unpaired) electrons. The molecule has 2 aliphatic rings. The van der Waals surface area contributed by atoms with E-state index >= 15 is 0 Å². The molecule has 2 bridgehead atoms. The Labute approximate surface area is 140 Å². The van der Waals surface area contributed by atoms with E-state index in [1.165, 1.54) is 31.5 Å². The van der Waals surface area contributed by atoms with Crippen LogP contribution in [0.5, 0.6) is 0 Å². The Morgan fingerprint density at radius 1 is 1.32 bits per heavy atom. The van der Waals surface area contributed by atoms with E-state index < -0.39 is 0 Å². The van der Waals surface area contributed by atoms with Crippen molar-refractivity contribution in [2.75, 3.05) is 20.1 Å². The first kappa shape index (κ1) is 15.6. The molecule has 2 unspecified atom stereocenters. The summed E-state index contributed by atoms with van der Waals surface area (Å²) in [5.74, 6) is 0. The zero-order valence-electron chi connectivity index (χ0n) is 13.2. The van der Waals surface area contributed by atoms with Crippen molar-refractivity contribution in [3.05, 3.63) is 47.3 Å². The van der Waals surface area contributed by atoms with Gasteiger partial charge in [-0.15, -0.1) is 0 Å². The van der Waals surface area contributed by atoms with Crippen molar-refractivity contribution in [1.82, 2.24) is 19.4 Å². The van der Waals surface area contributed by atoms with E-state index in [-0.39, 0.29) is 0 Å². The van der Waals surface area contributed by atoms with Crippen LogP contribution in [-0.4, -0.2) is 51.6 Å². The van der Waals surface area contributed by atoms with Crippen LogP contribution in [0.1, 0.15) is 18.4 Å². The fraction of sp³-hybridized carbons (Fsp3) is 0.471. The van der Waals surface area contributed by atoms with E-state index in [4.69, 9.17) is 0 Å². The fourth-order valence-electron chi connectivity index (χ4n) is 3.52. The molecule has 4 nitrogen and oxygen atoms in total. The van der Waals surface area contributed by atoms with Crippen molar-refractivity contribution in [2.45, 2.75) is 31.8 Å². The lowest BCUT2D eigenvalue weighted by Gasteiger charge is -2.38. The second kappa shape index (κ2) is 6.42. The summed E-state index contributed by atoms with van der Waals surface area (Å²) >= 11 is 3.41. The maximum Gasteiger partial charge on any atom is 0.0701 e. The minimum absolute atomic E-state index is 0.760. The number of hydrogen-bond acceptors (Lipinski definition) is 3. The highest BCUT2D eigenvalue weighted by atomic mass is 79.9. The standard InChI is InChI=1S/C9H16N2.C8H7BrN2/c1-3-11-8-4-5-9(11)7-10(2)6-8;1-6-5-10-11-3-2-7(9)4-8(6)11/h3,8-9H,1,4-7H2,2H3;2-5H,1H3. The van der Waals surface area contributed by atoms with Gasteiger partial charge < -0.3 is 9.80 Å². The van der Waals surface area contributed by atoms with Crippen LogP contribution in [-0.2, 0) is 0 Å². The third kappa shape index (κ3) is 3.06. The average molecular weight is 363 g/mol. The zero-order valence-corrected chi connectivity index (χ0v) is 14.8. The van der Waals surface area contributed by atoms with E-state index in [2.05, 4.69) is 57.4 Å². The first-order chi connectivity index (χ1) is 10.6. The summed E-state index contributed by atoms with van der Waals surface area (Å²) in [5.41, 5.74) is 2.35. The molecule has 2 atom stereocenters. The summed E-state index contributed by atoms with van der Waals surface area (Å²) in [5, 5.41) is 4.16. The van der Waals surface area contributed by atoms with Gasteiger partial charge >= 0.3 is 0 Å². The van der Waals surface area contributed by atoms with Crippen molar-refractivity contribution in [3.63, 3.8) is 0 Å². The molecule has 2 aromatic rings. The predicted molar refractivity (Wildman–Crippen MR) is 94.0 cm³/mol.